The molecule has 2 aliphatic heterocycles. The third-order valence-electron chi connectivity index (χ3n) is 8.25. The monoisotopic (exact) mass is 560 g/mol. The average molecular weight is 561 g/mol. The summed E-state index contributed by atoms with van der Waals surface area (Å²) in [5.74, 6) is 1.40. The smallest absolute Gasteiger partial charge is 0.410 e. The van der Waals surface area contributed by atoms with Gasteiger partial charge in [-0.2, -0.15) is 10.4 Å². The predicted molar refractivity (Wildman–Crippen MR) is 155 cm³/mol. The summed E-state index contributed by atoms with van der Waals surface area (Å²) in [5.41, 5.74) is 4.31. The normalized spacial score (nSPS) is 18.2. The van der Waals surface area contributed by atoms with Crippen molar-refractivity contribution >= 4 is 22.5 Å². The van der Waals surface area contributed by atoms with Crippen molar-refractivity contribution in [2.45, 2.75) is 32.4 Å². The lowest BCUT2D eigenvalue weighted by Crippen LogP contribution is -2.42. The van der Waals surface area contributed by atoms with Gasteiger partial charge in [0.2, 0.25) is 0 Å². The van der Waals surface area contributed by atoms with Crippen LogP contribution in [0.15, 0.2) is 71.7 Å². The van der Waals surface area contributed by atoms with Gasteiger partial charge in [-0.15, -0.1) is 0 Å². The molecule has 2 fully saturated rings. The third-order valence-corrected chi connectivity index (χ3v) is 8.25. The van der Waals surface area contributed by atoms with Gasteiger partial charge < -0.3 is 14.4 Å². The number of hydrogen-bond donors (Lipinski definition) is 0. The van der Waals surface area contributed by atoms with Crippen molar-refractivity contribution in [3.8, 4) is 23.1 Å². The molecule has 5 aromatic rings. The summed E-state index contributed by atoms with van der Waals surface area (Å²) >= 11 is 0. The number of carbonyl (C=O) groups is 1. The van der Waals surface area contributed by atoms with Gasteiger partial charge in [-0.3, -0.25) is 9.36 Å². The van der Waals surface area contributed by atoms with E-state index in [0.29, 0.717) is 54.3 Å². The van der Waals surface area contributed by atoms with Gasteiger partial charge in [-0.1, -0.05) is 18.2 Å². The summed E-state index contributed by atoms with van der Waals surface area (Å²) in [5, 5.41) is 14.4. The lowest BCUT2D eigenvalue weighted by molar-refractivity contribution is 0.128. The predicted octanol–water partition coefficient (Wildman–Crippen LogP) is 4.55. The van der Waals surface area contributed by atoms with Crippen LogP contribution in [0.4, 0.5) is 4.79 Å². The summed E-state index contributed by atoms with van der Waals surface area (Å²) in [4.78, 5) is 32.4. The maximum Gasteiger partial charge on any atom is 0.410 e. The van der Waals surface area contributed by atoms with Crippen LogP contribution >= 0.6 is 0 Å². The van der Waals surface area contributed by atoms with Crippen molar-refractivity contribution in [2.75, 3.05) is 19.8 Å². The van der Waals surface area contributed by atoms with E-state index in [-0.39, 0.29) is 23.6 Å². The van der Waals surface area contributed by atoms with E-state index in [1.165, 1.54) is 0 Å². The molecule has 7 rings (SSSR count). The molecule has 0 bridgehead atoms. The second kappa shape index (κ2) is 10.3. The molecule has 210 valence electrons. The van der Waals surface area contributed by atoms with Crippen LogP contribution in [0.25, 0.3) is 27.7 Å². The zero-order valence-corrected chi connectivity index (χ0v) is 23.1. The van der Waals surface area contributed by atoms with Crippen LogP contribution < -0.4 is 10.3 Å². The summed E-state index contributed by atoms with van der Waals surface area (Å²) in [7, 11) is 0. The number of nitrogens with zero attached hydrogens (tertiary/aromatic N) is 6. The third kappa shape index (κ3) is 4.63. The Bertz CT molecular complexity index is 1900. The van der Waals surface area contributed by atoms with Crippen LogP contribution in [0, 0.1) is 24.2 Å². The van der Waals surface area contributed by atoms with Crippen LogP contribution in [-0.4, -0.2) is 56.0 Å². The standard InChI is InChI=1S/C32H28N6O4/c1-20-34-28-14-26(29-13-24-4-2-3-10-38(24)35-29)30(41-18-23-9-11-36-25(12-23)19-42-32(36)40)15-27(28)31(39)37(20)17-22-7-5-21(16-33)6-8-22/h2-8,10,13-15,23,25H,9,11-12,17-19H2,1H3/t23-,25-/m0/s1. The number of benzene rings is 2. The second-order valence-corrected chi connectivity index (χ2v) is 10.9. The van der Waals surface area contributed by atoms with Crippen LogP contribution in [0.1, 0.15) is 29.8 Å². The molecule has 10 heteroatoms. The number of rotatable bonds is 6. The zero-order chi connectivity index (χ0) is 28.8. The molecule has 3 aromatic heterocycles. The quantitative estimate of drug-likeness (QED) is 0.299. The van der Waals surface area contributed by atoms with E-state index in [4.69, 9.17) is 24.8 Å². The molecule has 2 aromatic carbocycles. The number of cyclic esters (lactones) is 1. The minimum absolute atomic E-state index is 0.0796. The lowest BCUT2D eigenvalue weighted by atomic mass is 9.92. The van der Waals surface area contributed by atoms with E-state index >= 15 is 0 Å². The number of aromatic nitrogens is 4. The first-order valence-corrected chi connectivity index (χ1v) is 14.0. The SMILES string of the molecule is Cc1nc2cc(-c3cc4ccccn4n3)c(OC[C@H]3CCN4C(=O)OC[C@@H]4C3)cc2c(=O)n1Cc1ccc(C#N)cc1. The molecule has 0 unspecified atom stereocenters. The van der Waals surface area contributed by atoms with Gasteiger partial charge in [-0.05, 0) is 73.7 Å². The molecule has 2 saturated heterocycles. The molecule has 42 heavy (non-hydrogen) atoms. The molecule has 0 aliphatic carbocycles. The fourth-order valence-corrected chi connectivity index (χ4v) is 5.94. The maximum absolute atomic E-state index is 13.8. The summed E-state index contributed by atoms with van der Waals surface area (Å²) in [6, 6.07) is 20.9. The van der Waals surface area contributed by atoms with Crippen molar-refractivity contribution in [1.82, 2.24) is 24.1 Å². The molecular formula is C32H28N6O4. The number of hydrogen-bond acceptors (Lipinski definition) is 7. The molecule has 2 aliphatic rings. The van der Waals surface area contributed by atoms with Gasteiger partial charge >= 0.3 is 6.09 Å². The van der Waals surface area contributed by atoms with Crippen molar-refractivity contribution in [3.05, 3.63) is 94.2 Å². The second-order valence-electron chi connectivity index (χ2n) is 10.9. The molecule has 5 heterocycles. The van der Waals surface area contributed by atoms with Crippen LogP contribution in [0.5, 0.6) is 5.75 Å². The lowest BCUT2D eigenvalue weighted by Gasteiger charge is -2.32. The minimum atomic E-state index is -0.233. The first-order valence-electron chi connectivity index (χ1n) is 14.0. The van der Waals surface area contributed by atoms with E-state index in [1.807, 2.05) is 60.1 Å². The Morgan fingerprint density at radius 3 is 2.79 bits per heavy atom. The topological polar surface area (TPSA) is 115 Å². The number of aryl methyl sites for hydroxylation is 1. The molecule has 1 amide bonds. The van der Waals surface area contributed by atoms with Gasteiger partial charge in [0.25, 0.3) is 5.56 Å². The molecular weight excluding hydrogens is 532 g/mol. The molecule has 0 radical (unpaired) electrons. The zero-order valence-electron chi connectivity index (χ0n) is 23.1. The summed E-state index contributed by atoms with van der Waals surface area (Å²) < 4.78 is 15.2. The van der Waals surface area contributed by atoms with Crippen LogP contribution in [-0.2, 0) is 11.3 Å². The van der Waals surface area contributed by atoms with Gasteiger partial charge in [0.05, 0.1) is 52.9 Å². The minimum Gasteiger partial charge on any atom is -0.493 e. The fourth-order valence-electron chi connectivity index (χ4n) is 5.94. The maximum atomic E-state index is 13.8. The number of pyridine rings is 1. The highest BCUT2D eigenvalue weighted by molar-refractivity contribution is 5.87. The summed E-state index contributed by atoms with van der Waals surface area (Å²) in [6.45, 7) is 3.68. The first kappa shape index (κ1) is 25.8. The van der Waals surface area contributed by atoms with E-state index < -0.39 is 0 Å². The molecule has 0 saturated carbocycles. The Kier molecular flexibility index (Phi) is 6.35. The number of nitriles is 1. The van der Waals surface area contributed by atoms with E-state index in [2.05, 4.69) is 6.07 Å². The first-order chi connectivity index (χ1) is 20.5. The van der Waals surface area contributed by atoms with Crippen LogP contribution in [0.2, 0.25) is 0 Å². The average Bonchev–Trinajstić information content (AvgIpc) is 3.61. The van der Waals surface area contributed by atoms with Crippen LogP contribution in [0.3, 0.4) is 0 Å². The van der Waals surface area contributed by atoms with Gasteiger partial charge in [0, 0.05) is 18.3 Å². The highest BCUT2D eigenvalue weighted by Gasteiger charge is 2.38. The summed E-state index contributed by atoms with van der Waals surface area (Å²) in [6.07, 6.45) is 3.29. The number of piperidine rings is 1. The Balaban J connectivity index is 1.26. The van der Waals surface area contributed by atoms with Crippen molar-refractivity contribution in [1.29, 1.82) is 5.26 Å². The molecule has 2 atom stereocenters. The molecule has 10 nitrogen and oxygen atoms in total. The highest BCUT2D eigenvalue weighted by atomic mass is 16.6. The Morgan fingerprint density at radius 1 is 1.12 bits per heavy atom. The Hall–Kier alpha value is -5.17. The Morgan fingerprint density at radius 2 is 1.98 bits per heavy atom. The van der Waals surface area contributed by atoms with Crippen molar-refractivity contribution in [2.24, 2.45) is 5.92 Å². The number of amides is 1. The Labute approximate surface area is 241 Å². The van der Waals surface area contributed by atoms with E-state index in [0.717, 1.165) is 35.2 Å². The number of ether oxygens (including phenoxy) is 2. The van der Waals surface area contributed by atoms with Crippen molar-refractivity contribution < 1.29 is 14.3 Å². The fraction of sp³-hybridized carbons (Fsp3) is 0.281. The van der Waals surface area contributed by atoms with Gasteiger partial charge in [0.15, 0.2) is 0 Å². The molecule has 0 N–H and O–H groups in total. The largest absolute Gasteiger partial charge is 0.493 e. The van der Waals surface area contributed by atoms with E-state index in [9.17, 15) is 9.59 Å². The number of carbonyl (C=O) groups excluding carboxylic acids is 1. The highest BCUT2D eigenvalue weighted by Crippen LogP contribution is 2.35. The van der Waals surface area contributed by atoms with Gasteiger partial charge in [-0.25, -0.2) is 14.3 Å². The number of fused-ring (bicyclic) bond motifs is 3. The van der Waals surface area contributed by atoms with E-state index in [1.54, 1.807) is 27.7 Å². The molecule has 0 spiro atoms. The van der Waals surface area contributed by atoms with Crippen molar-refractivity contribution in [3.63, 3.8) is 0 Å². The van der Waals surface area contributed by atoms with Gasteiger partial charge in [0.1, 0.15) is 18.2 Å².